The van der Waals surface area contributed by atoms with E-state index in [-0.39, 0.29) is 17.8 Å². The molecule has 0 N–H and O–H groups in total. The number of halogens is 1. The summed E-state index contributed by atoms with van der Waals surface area (Å²) in [6.07, 6.45) is 1.65. The average molecular weight is 333 g/mol. The summed E-state index contributed by atoms with van der Waals surface area (Å²) in [6.45, 7) is 6.74. The van der Waals surface area contributed by atoms with E-state index in [0.29, 0.717) is 23.5 Å². The summed E-state index contributed by atoms with van der Waals surface area (Å²) in [6, 6.07) is 6.91. The topological polar surface area (TPSA) is 36.4 Å². The lowest BCUT2D eigenvalue weighted by Crippen LogP contribution is -2.49. The standard InChI is InChI=1S/C17H20FN3OS/c1-12(14-5-3-4-6-15(14)18)20-7-9-21(10-8-20)17(22)16-11-19-13(2)23-16/h3-6,11-12H,7-10H2,1-2H3/t12-/m0/s1. The van der Waals surface area contributed by atoms with Crippen molar-refractivity contribution in [3.05, 3.63) is 51.7 Å². The number of hydrogen-bond donors (Lipinski definition) is 0. The Bertz CT molecular complexity index is 695. The third-order valence-electron chi connectivity index (χ3n) is 4.34. The van der Waals surface area contributed by atoms with Crippen LogP contribution in [0.15, 0.2) is 30.5 Å². The van der Waals surface area contributed by atoms with Gasteiger partial charge in [0.2, 0.25) is 0 Å². The lowest BCUT2D eigenvalue weighted by molar-refractivity contribution is 0.0583. The predicted molar refractivity (Wildman–Crippen MR) is 89.1 cm³/mol. The molecule has 4 nitrogen and oxygen atoms in total. The van der Waals surface area contributed by atoms with E-state index in [4.69, 9.17) is 0 Å². The first-order valence-electron chi connectivity index (χ1n) is 7.76. The molecule has 1 fully saturated rings. The van der Waals surface area contributed by atoms with Crippen LogP contribution in [0.1, 0.15) is 33.2 Å². The first kappa shape index (κ1) is 16.1. The number of aryl methyl sites for hydroxylation is 1. The Morgan fingerprint density at radius 1 is 1.26 bits per heavy atom. The van der Waals surface area contributed by atoms with E-state index in [1.807, 2.05) is 30.9 Å². The van der Waals surface area contributed by atoms with E-state index in [9.17, 15) is 9.18 Å². The van der Waals surface area contributed by atoms with Crippen LogP contribution in [0.3, 0.4) is 0 Å². The van der Waals surface area contributed by atoms with Crippen LogP contribution in [0, 0.1) is 12.7 Å². The summed E-state index contributed by atoms with van der Waals surface area (Å²) in [5, 5.41) is 0.903. The van der Waals surface area contributed by atoms with Gasteiger partial charge in [0.25, 0.3) is 5.91 Å². The van der Waals surface area contributed by atoms with Crippen LogP contribution >= 0.6 is 11.3 Å². The van der Waals surface area contributed by atoms with E-state index in [2.05, 4.69) is 9.88 Å². The van der Waals surface area contributed by atoms with Crippen molar-refractivity contribution in [3.8, 4) is 0 Å². The van der Waals surface area contributed by atoms with Crippen LogP contribution in [-0.2, 0) is 0 Å². The molecule has 0 bridgehead atoms. The summed E-state index contributed by atoms with van der Waals surface area (Å²) < 4.78 is 13.9. The van der Waals surface area contributed by atoms with Crippen molar-refractivity contribution in [1.82, 2.24) is 14.8 Å². The van der Waals surface area contributed by atoms with Crippen LogP contribution in [0.2, 0.25) is 0 Å². The average Bonchev–Trinajstić information content (AvgIpc) is 3.01. The minimum Gasteiger partial charge on any atom is -0.335 e. The first-order valence-corrected chi connectivity index (χ1v) is 8.58. The molecule has 1 atom stereocenters. The number of hydrogen-bond acceptors (Lipinski definition) is 4. The van der Waals surface area contributed by atoms with E-state index in [0.717, 1.165) is 18.1 Å². The Balaban J connectivity index is 1.62. The third kappa shape index (κ3) is 3.43. The molecule has 1 aliphatic heterocycles. The first-order chi connectivity index (χ1) is 11.1. The number of aromatic nitrogens is 1. The van der Waals surface area contributed by atoms with Gasteiger partial charge in [0.1, 0.15) is 10.7 Å². The van der Waals surface area contributed by atoms with Gasteiger partial charge in [0.05, 0.1) is 11.2 Å². The monoisotopic (exact) mass is 333 g/mol. The third-order valence-corrected chi connectivity index (χ3v) is 5.24. The van der Waals surface area contributed by atoms with Crippen LogP contribution in [0.25, 0.3) is 0 Å². The highest BCUT2D eigenvalue weighted by Crippen LogP contribution is 2.24. The van der Waals surface area contributed by atoms with Crippen molar-refractivity contribution in [2.75, 3.05) is 26.2 Å². The van der Waals surface area contributed by atoms with Gasteiger partial charge in [-0.15, -0.1) is 11.3 Å². The molecule has 23 heavy (non-hydrogen) atoms. The number of piperazine rings is 1. The molecule has 3 rings (SSSR count). The number of thiazole rings is 1. The van der Waals surface area contributed by atoms with Gasteiger partial charge in [-0.05, 0) is 19.9 Å². The SMILES string of the molecule is Cc1ncc(C(=O)N2CCN([C@@H](C)c3ccccc3F)CC2)s1. The van der Waals surface area contributed by atoms with E-state index in [1.54, 1.807) is 12.3 Å². The molecule has 2 aromatic rings. The molecule has 1 saturated heterocycles. The Labute approximate surface area is 139 Å². The Kier molecular flexibility index (Phi) is 4.73. The van der Waals surface area contributed by atoms with Crippen molar-refractivity contribution in [3.63, 3.8) is 0 Å². The van der Waals surface area contributed by atoms with Crippen molar-refractivity contribution in [2.24, 2.45) is 0 Å². The summed E-state index contributed by atoms with van der Waals surface area (Å²) in [5.74, 6) is -0.118. The molecule has 0 radical (unpaired) electrons. The maximum absolute atomic E-state index is 13.9. The maximum Gasteiger partial charge on any atom is 0.265 e. The highest BCUT2D eigenvalue weighted by atomic mass is 32.1. The number of carbonyl (C=O) groups is 1. The quantitative estimate of drug-likeness (QED) is 0.866. The Hall–Kier alpha value is -1.79. The van der Waals surface area contributed by atoms with Crippen LogP contribution < -0.4 is 0 Å². The molecule has 1 amide bonds. The molecule has 0 unspecified atom stereocenters. The minimum atomic E-state index is -0.168. The minimum absolute atomic E-state index is 0.0131. The molecular weight excluding hydrogens is 313 g/mol. The summed E-state index contributed by atoms with van der Waals surface area (Å²) in [4.78, 5) is 21.3. The fraction of sp³-hybridized carbons (Fsp3) is 0.412. The summed E-state index contributed by atoms with van der Waals surface area (Å²) in [5.41, 5.74) is 0.713. The second kappa shape index (κ2) is 6.76. The van der Waals surface area contributed by atoms with Gasteiger partial charge in [0, 0.05) is 37.8 Å². The van der Waals surface area contributed by atoms with Gasteiger partial charge in [-0.1, -0.05) is 18.2 Å². The van der Waals surface area contributed by atoms with Crippen LogP contribution in [-0.4, -0.2) is 46.9 Å². The molecule has 122 valence electrons. The number of amides is 1. The van der Waals surface area contributed by atoms with Gasteiger partial charge in [-0.25, -0.2) is 9.37 Å². The lowest BCUT2D eigenvalue weighted by atomic mass is 10.1. The fourth-order valence-electron chi connectivity index (χ4n) is 2.94. The highest BCUT2D eigenvalue weighted by molar-refractivity contribution is 7.13. The van der Waals surface area contributed by atoms with Crippen LogP contribution in [0.4, 0.5) is 4.39 Å². The second-order valence-corrected chi connectivity index (χ2v) is 7.00. The van der Waals surface area contributed by atoms with Crippen LogP contribution in [0.5, 0.6) is 0 Å². The molecule has 1 aromatic heterocycles. The molecule has 1 aromatic carbocycles. The second-order valence-electron chi connectivity index (χ2n) is 5.77. The Morgan fingerprint density at radius 3 is 2.57 bits per heavy atom. The zero-order valence-corrected chi connectivity index (χ0v) is 14.1. The van der Waals surface area contributed by atoms with E-state index < -0.39 is 0 Å². The molecule has 1 aliphatic rings. The van der Waals surface area contributed by atoms with Crippen molar-refractivity contribution < 1.29 is 9.18 Å². The summed E-state index contributed by atoms with van der Waals surface area (Å²) in [7, 11) is 0. The van der Waals surface area contributed by atoms with Gasteiger partial charge < -0.3 is 4.90 Å². The van der Waals surface area contributed by atoms with Gasteiger partial charge in [-0.3, -0.25) is 9.69 Å². The van der Waals surface area contributed by atoms with Crippen molar-refractivity contribution in [1.29, 1.82) is 0 Å². The van der Waals surface area contributed by atoms with E-state index >= 15 is 0 Å². The predicted octanol–water partition coefficient (Wildman–Crippen LogP) is 3.11. The lowest BCUT2D eigenvalue weighted by Gasteiger charge is -2.38. The fourth-order valence-corrected chi connectivity index (χ4v) is 3.68. The van der Waals surface area contributed by atoms with Gasteiger partial charge >= 0.3 is 0 Å². The molecular formula is C17H20FN3OS. The molecule has 6 heteroatoms. The highest BCUT2D eigenvalue weighted by Gasteiger charge is 2.27. The van der Waals surface area contributed by atoms with E-state index in [1.165, 1.54) is 17.4 Å². The number of benzene rings is 1. The normalized spacial score (nSPS) is 17.3. The largest absolute Gasteiger partial charge is 0.335 e. The Morgan fingerprint density at radius 2 is 1.96 bits per heavy atom. The van der Waals surface area contributed by atoms with Gasteiger partial charge in [-0.2, -0.15) is 0 Å². The maximum atomic E-state index is 13.9. The zero-order chi connectivity index (χ0) is 16.4. The van der Waals surface area contributed by atoms with Crippen molar-refractivity contribution in [2.45, 2.75) is 19.9 Å². The number of nitrogens with zero attached hydrogens (tertiary/aromatic N) is 3. The smallest absolute Gasteiger partial charge is 0.265 e. The zero-order valence-electron chi connectivity index (χ0n) is 13.3. The van der Waals surface area contributed by atoms with Gasteiger partial charge in [0.15, 0.2) is 0 Å². The molecule has 2 heterocycles. The molecule has 0 saturated carbocycles. The number of carbonyl (C=O) groups excluding carboxylic acids is 1. The molecule has 0 spiro atoms. The van der Waals surface area contributed by atoms with Crippen molar-refractivity contribution >= 4 is 17.2 Å². The number of rotatable bonds is 3. The molecule has 0 aliphatic carbocycles. The summed E-state index contributed by atoms with van der Waals surface area (Å²) >= 11 is 1.43.